The predicted octanol–water partition coefficient (Wildman–Crippen LogP) is 2.98. The molecule has 0 saturated carbocycles. The number of fused-ring (bicyclic) bond motifs is 1. The Bertz CT molecular complexity index is 396. The van der Waals surface area contributed by atoms with Gasteiger partial charge in [0.15, 0.2) is 0 Å². The van der Waals surface area contributed by atoms with Crippen LogP contribution in [0.1, 0.15) is 0 Å². The van der Waals surface area contributed by atoms with Gasteiger partial charge in [-0.15, -0.1) is 0 Å². The average molecular weight is 231 g/mol. The second-order valence-corrected chi connectivity index (χ2v) is 3.54. The number of rotatable bonds is 0. The first-order valence-electron chi connectivity index (χ1n) is 3.05. The van der Waals surface area contributed by atoms with E-state index in [9.17, 15) is 0 Å². The molecule has 0 aliphatic carbocycles. The van der Waals surface area contributed by atoms with Crippen molar-refractivity contribution in [1.82, 2.24) is 10.2 Å². The molecule has 2 nitrogen and oxygen atoms in total. The molecule has 2 rings (SSSR count). The number of H-pyrrole nitrogens is 1. The van der Waals surface area contributed by atoms with Crippen LogP contribution in [0, 0.1) is 0 Å². The first kappa shape index (κ1) is 7.13. The van der Waals surface area contributed by atoms with Gasteiger partial charge in [0.2, 0.25) is 0 Å². The topological polar surface area (TPSA) is 28.7 Å². The van der Waals surface area contributed by atoms with E-state index in [0.29, 0.717) is 5.02 Å². The maximum Gasteiger partial charge on any atom is 0.0676 e. The molecule has 0 atom stereocenters. The Morgan fingerprint density at radius 1 is 1.45 bits per heavy atom. The number of nitrogens with one attached hydrogen (secondary N) is 1. The van der Waals surface area contributed by atoms with E-state index in [1.54, 1.807) is 6.20 Å². The van der Waals surface area contributed by atoms with Gasteiger partial charge in [0.05, 0.1) is 16.7 Å². The summed E-state index contributed by atoms with van der Waals surface area (Å²) in [5.41, 5.74) is 0.948. The van der Waals surface area contributed by atoms with Crippen LogP contribution in [0.5, 0.6) is 0 Å². The monoisotopic (exact) mass is 230 g/mol. The van der Waals surface area contributed by atoms with Crippen molar-refractivity contribution in [3.8, 4) is 0 Å². The van der Waals surface area contributed by atoms with E-state index in [4.69, 9.17) is 11.6 Å². The molecule has 56 valence electrons. The molecule has 1 aromatic heterocycles. The van der Waals surface area contributed by atoms with Crippen molar-refractivity contribution in [2.24, 2.45) is 0 Å². The summed E-state index contributed by atoms with van der Waals surface area (Å²) in [4.78, 5) is 0. The van der Waals surface area contributed by atoms with E-state index in [1.807, 2.05) is 12.1 Å². The standard InChI is InChI=1S/C7H4BrClN2/c8-4-1-6(9)5-3-10-11-7(5)2-4/h1-3H,(H,10,11). The molecule has 0 unspecified atom stereocenters. The second-order valence-electron chi connectivity index (χ2n) is 2.22. The Morgan fingerprint density at radius 2 is 2.27 bits per heavy atom. The van der Waals surface area contributed by atoms with Gasteiger partial charge >= 0.3 is 0 Å². The van der Waals surface area contributed by atoms with Crippen LogP contribution in [-0.4, -0.2) is 10.2 Å². The van der Waals surface area contributed by atoms with Crippen molar-refractivity contribution in [1.29, 1.82) is 0 Å². The van der Waals surface area contributed by atoms with Gasteiger partial charge in [-0.25, -0.2) is 0 Å². The van der Waals surface area contributed by atoms with E-state index >= 15 is 0 Å². The number of hydrogen-bond donors (Lipinski definition) is 1. The van der Waals surface area contributed by atoms with Gasteiger partial charge in [0.1, 0.15) is 0 Å². The molecule has 0 aliphatic rings. The molecule has 0 radical (unpaired) electrons. The Balaban J connectivity index is 2.91. The maximum atomic E-state index is 5.91. The molecule has 0 bridgehead atoms. The summed E-state index contributed by atoms with van der Waals surface area (Å²) < 4.78 is 0.958. The smallest absolute Gasteiger partial charge is 0.0676 e. The summed E-state index contributed by atoms with van der Waals surface area (Å²) in [6.07, 6.45) is 1.71. The van der Waals surface area contributed by atoms with E-state index in [1.165, 1.54) is 0 Å². The highest BCUT2D eigenvalue weighted by Crippen LogP contribution is 2.25. The molecule has 1 heterocycles. The number of benzene rings is 1. The van der Waals surface area contributed by atoms with Gasteiger partial charge in [-0.05, 0) is 12.1 Å². The molecule has 0 fully saturated rings. The first-order valence-corrected chi connectivity index (χ1v) is 4.22. The summed E-state index contributed by atoms with van der Waals surface area (Å²) in [5.74, 6) is 0. The van der Waals surface area contributed by atoms with Gasteiger partial charge < -0.3 is 0 Å². The van der Waals surface area contributed by atoms with Crippen molar-refractivity contribution in [2.45, 2.75) is 0 Å². The van der Waals surface area contributed by atoms with Crippen LogP contribution in [0.4, 0.5) is 0 Å². The molecular formula is C7H4BrClN2. The minimum absolute atomic E-state index is 0.711. The van der Waals surface area contributed by atoms with E-state index in [0.717, 1.165) is 15.4 Å². The van der Waals surface area contributed by atoms with Crippen LogP contribution in [0.3, 0.4) is 0 Å². The predicted molar refractivity (Wildman–Crippen MR) is 48.8 cm³/mol. The molecule has 11 heavy (non-hydrogen) atoms. The summed E-state index contributed by atoms with van der Waals surface area (Å²) in [7, 11) is 0. The summed E-state index contributed by atoms with van der Waals surface area (Å²) in [6.45, 7) is 0. The molecule has 2 aromatic rings. The molecule has 1 aromatic carbocycles. The highest BCUT2D eigenvalue weighted by molar-refractivity contribution is 9.10. The zero-order valence-electron chi connectivity index (χ0n) is 5.44. The van der Waals surface area contributed by atoms with Crippen LogP contribution >= 0.6 is 27.5 Å². The maximum absolute atomic E-state index is 5.91. The summed E-state index contributed by atoms with van der Waals surface area (Å²) in [5, 5.41) is 8.37. The number of hydrogen-bond acceptors (Lipinski definition) is 1. The van der Waals surface area contributed by atoms with Gasteiger partial charge in [0.25, 0.3) is 0 Å². The SMILES string of the molecule is Clc1cc(Br)cc2[nH]ncc12. The lowest BCUT2D eigenvalue weighted by molar-refractivity contribution is 1.12. The van der Waals surface area contributed by atoms with E-state index in [2.05, 4.69) is 26.1 Å². The molecule has 1 N–H and O–H groups in total. The minimum atomic E-state index is 0.711. The van der Waals surface area contributed by atoms with E-state index in [-0.39, 0.29) is 0 Å². The zero-order chi connectivity index (χ0) is 7.84. The number of nitrogens with zero attached hydrogens (tertiary/aromatic N) is 1. The Labute approximate surface area is 76.7 Å². The summed E-state index contributed by atoms with van der Waals surface area (Å²) >= 11 is 9.25. The Morgan fingerprint density at radius 3 is 3.09 bits per heavy atom. The number of aromatic nitrogens is 2. The van der Waals surface area contributed by atoms with Crippen molar-refractivity contribution in [2.75, 3.05) is 0 Å². The fourth-order valence-corrected chi connectivity index (χ4v) is 1.83. The molecule has 4 heteroatoms. The van der Waals surface area contributed by atoms with Crippen LogP contribution < -0.4 is 0 Å². The highest BCUT2D eigenvalue weighted by atomic mass is 79.9. The minimum Gasteiger partial charge on any atom is -0.278 e. The first-order chi connectivity index (χ1) is 5.27. The molecule has 0 amide bonds. The zero-order valence-corrected chi connectivity index (χ0v) is 7.78. The third kappa shape index (κ3) is 1.14. The van der Waals surface area contributed by atoms with Crippen LogP contribution in [0.25, 0.3) is 10.9 Å². The fraction of sp³-hybridized carbons (Fsp3) is 0. The van der Waals surface area contributed by atoms with Crippen molar-refractivity contribution >= 4 is 38.4 Å². The normalized spacial score (nSPS) is 10.7. The van der Waals surface area contributed by atoms with Crippen LogP contribution in [-0.2, 0) is 0 Å². The Kier molecular flexibility index (Phi) is 1.62. The van der Waals surface area contributed by atoms with Crippen LogP contribution in [0.2, 0.25) is 5.02 Å². The van der Waals surface area contributed by atoms with Gasteiger partial charge in [-0.3, -0.25) is 5.10 Å². The Hall–Kier alpha value is -0.540. The quantitative estimate of drug-likeness (QED) is 0.742. The molecular weight excluding hydrogens is 227 g/mol. The van der Waals surface area contributed by atoms with Crippen molar-refractivity contribution in [3.63, 3.8) is 0 Å². The van der Waals surface area contributed by atoms with Gasteiger partial charge in [-0.2, -0.15) is 5.10 Å². The van der Waals surface area contributed by atoms with Gasteiger partial charge in [0, 0.05) is 9.86 Å². The highest BCUT2D eigenvalue weighted by Gasteiger charge is 2.01. The second kappa shape index (κ2) is 2.50. The third-order valence-electron chi connectivity index (χ3n) is 1.47. The fourth-order valence-electron chi connectivity index (χ4n) is 0.975. The summed E-state index contributed by atoms with van der Waals surface area (Å²) in [6, 6.07) is 3.79. The lowest BCUT2D eigenvalue weighted by Crippen LogP contribution is -1.70. The average Bonchev–Trinajstić information content (AvgIpc) is 2.34. The lowest BCUT2D eigenvalue weighted by Gasteiger charge is -1.93. The number of halogens is 2. The lowest BCUT2D eigenvalue weighted by atomic mass is 10.3. The van der Waals surface area contributed by atoms with Crippen molar-refractivity contribution in [3.05, 3.63) is 27.8 Å². The third-order valence-corrected chi connectivity index (χ3v) is 2.24. The van der Waals surface area contributed by atoms with Crippen molar-refractivity contribution < 1.29 is 0 Å². The van der Waals surface area contributed by atoms with Crippen LogP contribution in [0.15, 0.2) is 22.8 Å². The largest absolute Gasteiger partial charge is 0.278 e. The molecule has 0 aliphatic heterocycles. The van der Waals surface area contributed by atoms with Gasteiger partial charge in [-0.1, -0.05) is 27.5 Å². The molecule has 0 spiro atoms. The number of aromatic amines is 1. The van der Waals surface area contributed by atoms with E-state index < -0.39 is 0 Å². The molecule has 0 saturated heterocycles.